The van der Waals surface area contributed by atoms with E-state index in [9.17, 15) is 9.90 Å². The maximum absolute atomic E-state index is 11.8. The van der Waals surface area contributed by atoms with Crippen LogP contribution in [-0.2, 0) is 11.2 Å². The van der Waals surface area contributed by atoms with E-state index in [1.165, 1.54) is 6.33 Å². The summed E-state index contributed by atoms with van der Waals surface area (Å²) in [6, 6.07) is 14.3. The number of para-hydroxylation sites is 2. The molecule has 0 unspecified atom stereocenters. The highest BCUT2D eigenvalue weighted by molar-refractivity contribution is 6.05. The van der Waals surface area contributed by atoms with E-state index in [4.69, 9.17) is 4.42 Å². The van der Waals surface area contributed by atoms with Gasteiger partial charge in [-0.25, -0.2) is 9.97 Å². The third kappa shape index (κ3) is 2.64. The van der Waals surface area contributed by atoms with Crippen LogP contribution in [0.2, 0.25) is 0 Å². The molecule has 3 aromatic heterocycles. The molecule has 3 heterocycles. The number of rotatable bonds is 5. The second-order valence-corrected chi connectivity index (χ2v) is 6.58. The lowest BCUT2D eigenvalue weighted by molar-refractivity contribution is -0.306. The third-order valence-electron chi connectivity index (χ3n) is 4.85. The summed E-state index contributed by atoms with van der Waals surface area (Å²) >= 11 is 0. The maximum atomic E-state index is 11.8. The fourth-order valence-electron chi connectivity index (χ4n) is 3.51. The molecule has 0 aliphatic rings. The van der Waals surface area contributed by atoms with Gasteiger partial charge in [-0.15, -0.1) is 0 Å². The fraction of sp³-hybridized carbons (Fsp3) is 0.0952. The largest absolute Gasteiger partial charge is 0.548 e. The second-order valence-electron chi connectivity index (χ2n) is 6.58. The lowest BCUT2D eigenvalue weighted by Gasteiger charge is -2.20. The molecule has 7 heteroatoms. The van der Waals surface area contributed by atoms with Gasteiger partial charge in [0.05, 0.1) is 12.0 Å². The molecule has 0 fully saturated rings. The molecule has 0 spiro atoms. The van der Waals surface area contributed by atoms with Crippen molar-refractivity contribution in [3.8, 4) is 0 Å². The van der Waals surface area contributed by atoms with E-state index >= 15 is 0 Å². The third-order valence-corrected chi connectivity index (χ3v) is 4.85. The molecule has 0 bridgehead atoms. The number of aliphatic carboxylic acids is 1. The number of benzene rings is 2. The zero-order valence-electron chi connectivity index (χ0n) is 14.7. The maximum Gasteiger partial charge on any atom is 0.196 e. The number of hydrogen-bond acceptors (Lipinski definition) is 6. The number of anilines is 1. The minimum absolute atomic E-state index is 0.234. The van der Waals surface area contributed by atoms with Crippen molar-refractivity contribution in [2.24, 2.45) is 0 Å². The van der Waals surface area contributed by atoms with Gasteiger partial charge in [0, 0.05) is 28.9 Å². The van der Waals surface area contributed by atoms with Crippen LogP contribution in [0.5, 0.6) is 0 Å². The number of nitrogens with zero attached hydrogens (tertiary/aromatic N) is 2. The summed E-state index contributed by atoms with van der Waals surface area (Å²) in [5, 5.41) is 16.6. The first-order valence-corrected chi connectivity index (χ1v) is 8.85. The highest BCUT2D eigenvalue weighted by Gasteiger charge is 2.18. The number of hydrogen-bond donors (Lipinski definition) is 2. The number of H-pyrrole nitrogens is 1. The van der Waals surface area contributed by atoms with Crippen LogP contribution in [0.15, 0.2) is 65.5 Å². The van der Waals surface area contributed by atoms with E-state index in [-0.39, 0.29) is 6.42 Å². The first kappa shape index (κ1) is 16.3. The summed E-state index contributed by atoms with van der Waals surface area (Å²) in [5.41, 5.74) is 3.57. The molecule has 2 N–H and O–H groups in total. The second kappa shape index (κ2) is 6.38. The molecule has 2 aromatic carbocycles. The molecule has 0 saturated heterocycles. The van der Waals surface area contributed by atoms with Gasteiger partial charge in [-0.1, -0.05) is 30.3 Å². The quantitative estimate of drug-likeness (QED) is 0.492. The van der Waals surface area contributed by atoms with Gasteiger partial charge in [-0.05, 0) is 23.8 Å². The zero-order chi connectivity index (χ0) is 19.1. The molecule has 138 valence electrons. The monoisotopic (exact) mass is 371 g/mol. The summed E-state index contributed by atoms with van der Waals surface area (Å²) in [6.07, 6.45) is 3.45. The summed E-state index contributed by atoms with van der Waals surface area (Å²) in [6.45, 7) is 0. The SMILES string of the molecule is O=C([O-])[C@@H](Cc1c[nH]c2ccccc12)Nc1ncnc2c1oc1ccccc12. The normalized spacial score (nSPS) is 12.6. The Balaban J connectivity index is 1.53. The van der Waals surface area contributed by atoms with Gasteiger partial charge in [0.2, 0.25) is 0 Å². The van der Waals surface area contributed by atoms with Crippen molar-refractivity contribution in [2.45, 2.75) is 12.5 Å². The molecule has 1 atom stereocenters. The number of furan rings is 1. The number of carbonyl (C=O) groups is 1. The first-order chi connectivity index (χ1) is 13.7. The van der Waals surface area contributed by atoms with Crippen molar-refractivity contribution < 1.29 is 14.3 Å². The van der Waals surface area contributed by atoms with Crippen molar-refractivity contribution in [3.05, 3.63) is 66.6 Å². The Hall–Kier alpha value is -3.87. The Morgan fingerprint density at radius 1 is 1.11 bits per heavy atom. The van der Waals surface area contributed by atoms with Crippen molar-refractivity contribution >= 4 is 44.8 Å². The van der Waals surface area contributed by atoms with Gasteiger partial charge in [-0.3, -0.25) is 0 Å². The van der Waals surface area contributed by atoms with E-state index in [0.29, 0.717) is 22.5 Å². The van der Waals surface area contributed by atoms with Crippen LogP contribution in [0.25, 0.3) is 33.0 Å². The number of carboxylic acid groups (broad SMARTS) is 1. The molecule has 0 aliphatic heterocycles. The van der Waals surface area contributed by atoms with Crippen LogP contribution in [0.1, 0.15) is 5.56 Å². The van der Waals surface area contributed by atoms with Crippen LogP contribution >= 0.6 is 0 Å². The van der Waals surface area contributed by atoms with Crippen LogP contribution < -0.4 is 10.4 Å². The standard InChI is InChI=1S/C21H16N4O3/c26-21(27)16(9-12-10-22-15-7-3-1-5-13(12)15)25-20-19-18(23-11-24-20)14-6-2-4-8-17(14)28-19/h1-8,10-11,16,22H,9H2,(H,26,27)(H,23,24,25)/p-1/t16-/m1/s1. The average Bonchev–Trinajstić information content (AvgIpc) is 3.29. The Kier molecular flexibility index (Phi) is 3.72. The number of nitrogens with one attached hydrogen (secondary N) is 2. The molecular formula is C21H15N4O3-. The molecule has 7 nitrogen and oxygen atoms in total. The molecule has 5 aromatic rings. The van der Waals surface area contributed by atoms with E-state index in [1.807, 2.05) is 54.7 Å². The van der Waals surface area contributed by atoms with E-state index in [2.05, 4.69) is 20.3 Å². The van der Waals surface area contributed by atoms with Crippen molar-refractivity contribution in [1.82, 2.24) is 15.0 Å². The summed E-state index contributed by atoms with van der Waals surface area (Å²) in [4.78, 5) is 23.5. The van der Waals surface area contributed by atoms with Gasteiger partial charge >= 0.3 is 0 Å². The topological polar surface area (TPSA) is 107 Å². The molecule has 0 radical (unpaired) electrons. The minimum Gasteiger partial charge on any atom is -0.548 e. The van der Waals surface area contributed by atoms with Gasteiger partial charge < -0.3 is 24.6 Å². The Bertz CT molecular complexity index is 1320. The van der Waals surface area contributed by atoms with Crippen LogP contribution in [0, 0.1) is 0 Å². The molecule has 5 rings (SSSR count). The Morgan fingerprint density at radius 3 is 2.75 bits per heavy atom. The van der Waals surface area contributed by atoms with Crippen LogP contribution in [0.4, 0.5) is 5.82 Å². The van der Waals surface area contributed by atoms with Gasteiger partial charge in [0.25, 0.3) is 0 Å². The zero-order valence-corrected chi connectivity index (χ0v) is 14.7. The summed E-state index contributed by atoms with van der Waals surface area (Å²) < 4.78 is 5.86. The minimum atomic E-state index is -1.21. The van der Waals surface area contributed by atoms with Crippen LogP contribution in [0.3, 0.4) is 0 Å². The summed E-state index contributed by atoms with van der Waals surface area (Å²) in [5.74, 6) is -0.886. The number of aromatic nitrogens is 3. The number of fused-ring (bicyclic) bond motifs is 4. The Labute approximate surface area is 159 Å². The van der Waals surface area contributed by atoms with E-state index in [1.54, 1.807) is 0 Å². The van der Waals surface area contributed by atoms with E-state index in [0.717, 1.165) is 21.9 Å². The smallest absolute Gasteiger partial charge is 0.196 e. The molecule has 0 saturated carbocycles. The van der Waals surface area contributed by atoms with Crippen molar-refractivity contribution in [1.29, 1.82) is 0 Å². The number of carbonyl (C=O) groups excluding carboxylic acids is 1. The van der Waals surface area contributed by atoms with Crippen LogP contribution in [-0.4, -0.2) is 27.0 Å². The molecule has 28 heavy (non-hydrogen) atoms. The predicted molar refractivity (Wildman–Crippen MR) is 104 cm³/mol. The first-order valence-electron chi connectivity index (χ1n) is 8.85. The predicted octanol–water partition coefficient (Wildman–Crippen LogP) is 2.63. The molecular weight excluding hydrogens is 356 g/mol. The van der Waals surface area contributed by atoms with Gasteiger partial charge in [0.1, 0.15) is 17.4 Å². The van der Waals surface area contributed by atoms with Crippen molar-refractivity contribution in [2.75, 3.05) is 5.32 Å². The molecule has 0 aliphatic carbocycles. The van der Waals surface area contributed by atoms with Gasteiger partial charge in [-0.2, -0.15) is 0 Å². The lowest BCUT2D eigenvalue weighted by atomic mass is 10.0. The lowest BCUT2D eigenvalue weighted by Crippen LogP contribution is -2.42. The highest BCUT2D eigenvalue weighted by atomic mass is 16.4. The molecule has 0 amide bonds. The summed E-state index contributed by atoms with van der Waals surface area (Å²) in [7, 11) is 0. The Morgan fingerprint density at radius 2 is 1.89 bits per heavy atom. The number of carboxylic acids is 1. The van der Waals surface area contributed by atoms with Gasteiger partial charge in [0.15, 0.2) is 11.4 Å². The van der Waals surface area contributed by atoms with E-state index < -0.39 is 12.0 Å². The number of aromatic amines is 1. The van der Waals surface area contributed by atoms with Crippen molar-refractivity contribution in [3.63, 3.8) is 0 Å². The fourth-order valence-corrected chi connectivity index (χ4v) is 3.51. The average molecular weight is 371 g/mol. The highest BCUT2D eigenvalue weighted by Crippen LogP contribution is 2.31.